The van der Waals surface area contributed by atoms with Gasteiger partial charge in [0.2, 0.25) is 5.91 Å². The molecule has 0 atom stereocenters. The quantitative estimate of drug-likeness (QED) is 0.584. The molecule has 3 rings (SSSR count). The zero-order chi connectivity index (χ0) is 19.9. The fourth-order valence-corrected chi connectivity index (χ4v) is 2.89. The Morgan fingerprint density at radius 3 is 2.07 bits per heavy atom. The number of ketones is 2. The van der Waals surface area contributed by atoms with Crippen molar-refractivity contribution in [2.24, 2.45) is 0 Å². The molecule has 0 unspecified atom stereocenters. The smallest absolute Gasteiger partial charge is 0.224 e. The molecule has 0 bridgehead atoms. The minimum absolute atomic E-state index is 0.0646. The van der Waals surface area contributed by atoms with Gasteiger partial charge in [0.15, 0.2) is 11.6 Å². The highest BCUT2D eigenvalue weighted by Crippen LogP contribution is 2.20. The lowest BCUT2D eigenvalue weighted by Crippen LogP contribution is -2.13. The lowest BCUT2D eigenvalue weighted by molar-refractivity contribution is -0.116. The molecule has 0 aliphatic heterocycles. The summed E-state index contributed by atoms with van der Waals surface area (Å²) in [5.41, 5.74) is 3.81. The first-order valence-corrected chi connectivity index (χ1v) is 9.12. The van der Waals surface area contributed by atoms with Gasteiger partial charge < -0.3 is 5.32 Å². The summed E-state index contributed by atoms with van der Waals surface area (Å²) in [5.74, 6) is -0.396. The zero-order valence-corrected chi connectivity index (χ0v) is 15.6. The van der Waals surface area contributed by atoms with Crippen LogP contribution in [0.15, 0.2) is 78.9 Å². The number of nitrogens with one attached hydrogen (secondary N) is 1. The molecule has 3 aromatic carbocycles. The maximum absolute atomic E-state index is 12.4. The predicted octanol–water partition coefficient (Wildman–Crippen LogP) is 5.16. The second kappa shape index (κ2) is 8.91. The number of anilines is 1. The molecule has 4 heteroatoms. The van der Waals surface area contributed by atoms with E-state index in [9.17, 15) is 14.4 Å². The van der Waals surface area contributed by atoms with Gasteiger partial charge in [-0.1, -0.05) is 66.7 Å². The van der Waals surface area contributed by atoms with Gasteiger partial charge in [-0.25, -0.2) is 0 Å². The molecule has 3 aromatic rings. The molecule has 1 N–H and O–H groups in total. The van der Waals surface area contributed by atoms with Crippen molar-refractivity contribution in [2.45, 2.75) is 19.8 Å². The zero-order valence-electron chi connectivity index (χ0n) is 15.6. The number of carbonyl (C=O) groups is 3. The van der Waals surface area contributed by atoms with Crippen LogP contribution in [0.2, 0.25) is 0 Å². The molecule has 0 heterocycles. The van der Waals surface area contributed by atoms with E-state index in [1.54, 1.807) is 36.4 Å². The van der Waals surface area contributed by atoms with E-state index in [2.05, 4.69) is 5.32 Å². The molecule has 0 spiro atoms. The van der Waals surface area contributed by atoms with E-state index in [1.165, 1.54) is 6.92 Å². The second-order valence-corrected chi connectivity index (χ2v) is 6.55. The monoisotopic (exact) mass is 371 g/mol. The van der Waals surface area contributed by atoms with Gasteiger partial charge in [0.05, 0.1) is 0 Å². The third-order valence-electron chi connectivity index (χ3n) is 4.45. The molecule has 0 aliphatic rings. The maximum Gasteiger partial charge on any atom is 0.224 e. The van der Waals surface area contributed by atoms with Gasteiger partial charge in [0.25, 0.3) is 0 Å². The minimum Gasteiger partial charge on any atom is -0.326 e. The molecule has 140 valence electrons. The van der Waals surface area contributed by atoms with Crippen molar-refractivity contribution >= 4 is 23.2 Å². The summed E-state index contributed by atoms with van der Waals surface area (Å²) in [6.07, 6.45) is 0.215. The highest BCUT2D eigenvalue weighted by molar-refractivity contribution is 6.01. The molecule has 1 amide bonds. The molecular formula is C24H21NO3. The summed E-state index contributed by atoms with van der Waals surface area (Å²) < 4.78 is 0. The van der Waals surface area contributed by atoms with Gasteiger partial charge in [-0.05, 0) is 30.2 Å². The SMILES string of the molecule is CC(=O)c1cccc(NC(=O)CCC(=O)c2ccc(-c3ccccc3)cc2)c1. The molecule has 0 radical (unpaired) electrons. The Hall–Kier alpha value is -3.53. The van der Waals surface area contributed by atoms with Crippen LogP contribution in [-0.4, -0.2) is 17.5 Å². The molecule has 28 heavy (non-hydrogen) atoms. The summed E-state index contributed by atoms with van der Waals surface area (Å²) in [5, 5.41) is 2.73. The molecule has 0 aliphatic carbocycles. The van der Waals surface area contributed by atoms with Gasteiger partial charge in [0.1, 0.15) is 0 Å². The molecular weight excluding hydrogens is 350 g/mol. The Bertz CT molecular complexity index is 992. The Kier molecular flexibility index (Phi) is 6.12. The maximum atomic E-state index is 12.4. The Labute approximate surface area is 164 Å². The van der Waals surface area contributed by atoms with Crippen molar-refractivity contribution in [1.82, 2.24) is 0 Å². The standard InChI is InChI=1S/C24H21NO3/c1-17(26)21-8-5-9-22(16-21)25-24(28)15-14-23(27)20-12-10-19(11-13-20)18-6-3-2-4-7-18/h2-13,16H,14-15H2,1H3,(H,25,28). The van der Waals surface area contributed by atoms with Gasteiger partial charge in [0, 0.05) is 29.7 Å². The molecule has 0 saturated heterocycles. The van der Waals surface area contributed by atoms with Crippen molar-refractivity contribution in [2.75, 3.05) is 5.32 Å². The van der Waals surface area contributed by atoms with Crippen LogP contribution in [0.1, 0.15) is 40.5 Å². The normalized spacial score (nSPS) is 10.3. The fourth-order valence-electron chi connectivity index (χ4n) is 2.89. The summed E-state index contributed by atoms with van der Waals surface area (Å²) in [6.45, 7) is 1.47. The summed E-state index contributed by atoms with van der Waals surface area (Å²) in [4.78, 5) is 35.9. The van der Waals surface area contributed by atoms with Crippen molar-refractivity contribution in [3.8, 4) is 11.1 Å². The molecule has 4 nitrogen and oxygen atoms in total. The minimum atomic E-state index is -0.255. The summed E-state index contributed by atoms with van der Waals surface area (Å²) in [6, 6.07) is 24.1. The highest BCUT2D eigenvalue weighted by atomic mass is 16.2. The van der Waals surface area contributed by atoms with Gasteiger partial charge >= 0.3 is 0 Å². The lowest BCUT2D eigenvalue weighted by atomic mass is 10.0. The fraction of sp³-hybridized carbons (Fsp3) is 0.125. The van der Waals surface area contributed by atoms with Crippen molar-refractivity contribution in [1.29, 1.82) is 0 Å². The number of Topliss-reactive ketones (excluding diaryl/α,β-unsaturated/α-hetero) is 2. The van der Waals surface area contributed by atoms with E-state index in [1.807, 2.05) is 42.5 Å². The van der Waals surface area contributed by atoms with Gasteiger partial charge in [-0.2, -0.15) is 0 Å². The number of amides is 1. The van der Waals surface area contributed by atoms with E-state index in [0.717, 1.165) is 11.1 Å². The number of rotatable bonds is 7. The second-order valence-electron chi connectivity index (χ2n) is 6.55. The first-order valence-electron chi connectivity index (χ1n) is 9.12. The van der Waals surface area contributed by atoms with Crippen molar-refractivity contribution in [3.05, 3.63) is 90.0 Å². The third-order valence-corrected chi connectivity index (χ3v) is 4.45. The van der Waals surface area contributed by atoms with E-state index in [0.29, 0.717) is 16.8 Å². The number of hydrogen-bond acceptors (Lipinski definition) is 3. The van der Waals surface area contributed by atoms with Crippen LogP contribution >= 0.6 is 0 Å². The number of benzene rings is 3. The lowest BCUT2D eigenvalue weighted by Gasteiger charge is -2.07. The van der Waals surface area contributed by atoms with Crippen LogP contribution < -0.4 is 5.32 Å². The predicted molar refractivity (Wildman–Crippen MR) is 111 cm³/mol. The van der Waals surface area contributed by atoms with Gasteiger partial charge in [-0.15, -0.1) is 0 Å². The first kappa shape index (κ1) is 19.2. The van der Waals surface area contributed by atoms with Crippen molar-refractivity contribution < 1.29 is 14.4 Å². The molecule has 0 fully saturated rings. The Balaban J connectivity index is 1.55. The Morgan fingerprint density at radius 1 is 0.714 bits per heavy atom. The number of carbonyl (C=O) groups excluding carboxylic acids is 3. The summed E-state index contributed by atoms with van der Waals surface area (Å²) in [7, 11) is 0. The van der Waals surface area contributed by atoms with Crippen molar-refractivity contribution in [3.63, 3.8) is 0 Å². The number of hydrogen-bond donors (Lipinski definition) is 1. The van der Waals surface area contributed by atoms with Crippen LogP contribution in [0.3, 0.4) is 0 Å². The Morgan fingerprint density at radius 2 is 1.39 bits per heavy atom. The highest BCUT2D eigenvalue weighted by Gasteiger charge is 2.10. The van der Waals surface area contributed by atoms with E-state index in [-0.39, 0.29) is 30.3 Å². The van der Waals surface area contributed by atoms with Crippen LogP contribution in [0.4, 0.5) is 5.69 Å². The molecule has 0 saturated carbocycles. The topological polar surface area (TPSA) is 63.2 Å². The van der Waals surface area contributed by atoms with Gasteiger partial charge in [-0.3, -0.25) is 14.4 Å². The van der Waals surface area contributed by atoms with Crippen LogP contribution in [0.5, 0.6) is 0 Å². The van der Waals surface area contributed by atoms with Crippen LogP contribution in [-0.2, 0) is 4.79 Å². The van der Waals surface area contributed by atoms with Crippen LogP contribution in [0.25, 0.3) is 11.1 Å². The molecule has 0 aromatic heterocycles. The average molecular weight is 371 g/mol. The average Bonchev–Trinajstić information content (AvgIpc) is 2.73. The van der Waals surface area contributed by atoms with Crippen LogP contribution in [0, 0.1) is 0 Å². The summed E-state index contributed by atoms with van der Waals surface area (Å²) >= 11 is 0. The largest absolute Gasteiger partial charge is 0.326 e. The third kappa shape index (κ3) is 5.01. The van der Waals surface area contributed by atoms with E-state index < -0.39 is 0 Å². The van der Waals surface area contributed by atoms with E-state index in [4.69, 9.17) is 0 Å². The first-order chi connectivity index (χ1) is 13.5. The van der Waals surface area contributed by atoms with E-state index >= 15 is 0 Å².